The second-order valence-electron chi connectivity index (χ2n) is 9.11. The number of nitrogens with zero attached hydrogens (tertiary/aromatic N) is 1. The Hall–Kier alpha value is -4.66. The number of carboxylic acid groups (broad SMARTS) is 1. The molecule has 9 heteroatoms. The molecule has 0 aromatic heterocycles. The highest BCUT2D eigenvalue weighted by Gasteiger charge is 2.32. The number of nitrogens with one attached hydrogen (secondary N) is 1. The van der Waals surface area contributed by atoms with Crippen LogP contribution in [0.25, 0.3) is 11.1 Å². The largest absolute Gasteiger partial charge is 0.481 e. The van der Waals surface area contributed by atoms with E-state index < -0.39 is 42.9 Å². The fourth-order valence-corrected chi connectivity index (χ4v) is 4.76. The van der Waals surface area contributed by atoms with E-state index in [1.165, 1.54) is 4.90 Å². The number of esters is 1. The number of alkyl carbamates (subject to hydrolysis) is 1. The van der Waals surface area contributed by atoms with Crippen molar-refractivity contribution in [1.29, 1.82) is 0 Å². The molecule has 0 saturated heterocycles. The molecule has 0 aliphatic heterocycles. The van der Waals surface area contributed by atoms with Crippen molar-refractivity contribution in [3.63, 3.8) is 0 Å². The summed E-state index contributed by atoms with van der Waals surface area (Å²) in [6, 6.07) is 23.2. The first-order valence-corrected chi connectivity index (χ1v) is 12.7. The van der Waals surface area contributed by atoms with E-state index >= 15 is 0 Å². The molecule has 0 spiro atoms. The monoisotopic (exact) mass is 530 g/mol. The van der Waals surface area contributed by atoms with Gasteiger partial charge in [0.2, 0.25) is 5.91 Å². The number of ether oxygens (including phenoxy) is 2. The van der Waals surface area contributed by atoms with Gasteiger partial charge in [0.05, 0.1) is 13.0 Å². The van der Waals surface area contributed by atoms with Gasteiger partial charge in [-0.2, -0.15) is 0 Å². The van der Waals surface area contributed by atoms with E-state index in [-0.39, 0.29) is 25.7 Å². The van der Waals surface area contributed by atoms with Gasteiger partial charge in [0.15, 0.2) is 0 Å². The maximum Gasteiger partial charge on any atom is 0.407 e. The number of hydrogen-bond acceptors (Lipinski definition) is 6. The zero-order valence-electron chi connectivity index (χ0n) is 21.5. The Bertz CT molecular complexity index is 1300. The van der Waals surface area contributed by atoms with Crippen LogP contribution >= 0.6 is 0 Å². The second kappa shape index (κ2) is 12.7. The molecule has 2 N–H and O–H groups in total. The topological polar surface area (TPSA) is 122 Å². The van der Waals surface area contributed by atoms with Gasteiger partial charge in [-0.3, -0.25) is 14.4 Å². The summed E-state index contributed by atoms with van der Waals surface area (Å²) in [6.07, 6.45) is -1.61. The fourth-order valence-electron chi connectivity index (χ4n) is 4.76. The summed E-state index contributed by atoms with van der Waals surface area (Å²) in [5.74, 6) is -2.86. The third kappa shape index (κ3) is 6.81. The Balaban J connectivity index is 1.47. The van der Waals surface area contributed by atoms with Crippen LogP contribution in [-0.4, -0.2) is 59.7 Å². The first kappa shape index (κ1) is 27.4. The number of aliphatic carboxylic acids is 1. The van der Waals surface area contributed by atoms with Gasteiger partial charge >= 0.3 is 18.0 Å². The molecule has 9 nitrogen and oxygen atoms in total. The smallest absolute Gasteiger partial charge is 0.407 e. The first-order chi connectivity index (χ1) is 18.9. The van der Waals surface area contributed by atoms with E-state index in [4.69, 9.17) is 9.47 Å². The van der Waals surface area contributed by atoms with Gasteiger partial charge in [-0.1, -0.05) is 78.9 Å². The molecule has 0 bridgehead atoms. The number of hydrogen-bond donors (Lipinski definition) is 2. The maximum absolute atomic E-state index is 13.4. The number of fused-ring (bicyclic) bond motifs is 3. The molecule has 4 rings (SSSR count). The molecule has 1 unspecified atom stereocenters. The molecule has 0 saturated carbocycles. The lowest BCUT2D eigenvalue weighted by molar-refractivity contribution is -0.150. The van der Waals surface area contributed by atoms with E-state index in [1.54, 1.807) is 31.2 Å². The van der Waals surface area contributed by atoms with Crippen LogP contribution in [0.2, 0.25) is 0 Å². The van der Waals surface area contributed by atoms with Crippen molar-refractivity contribution in [1.82, 2.24) is 10.2 Å². The molecule has 0 heterocycles. The predicted octanol–water partition coefficient (Wildman–Crippen LogP) is 3.96. The molecule has 2 amide bonds. The summed E-state index contributed by atoms with van der Waals surface area (Å²) >= 11 is 0. The minimum Gasteiger partial charge on any atom is -0.481 e. The number of carbonyl (C=O) groups excluding carboxylic acids is 3. The SMILES string of the molecule is CCOC(=O)CN(Cc1ccccc1)C(=O)C(CC(=O)O)NC(=O)OCC1c2ccccc2-c2ccccc21. The second-order valence-corrected chi connectivity index (χ2v) is 9.11. The number of amides is 2. The van der Waals surface area contributed by atoms with Crippen LogP contribution in [0.3, 0.4) is 0 Å². The van der Waals surface area contributed by atoms with Gasteiger partial charge in [0, 0.05) is 12.5 Å². The summed E-state index contributed by atoms with van der Waals surface area (Å²) < 4.78 is 10.5. The summed E-state index contributed by atoms with van der Waals surface area (Å²) in [5, 5.41) is 11.9. The lowest BCUT2D eigenvalue weighted by Gasteiger charge is -2.26. The molecule has 0 radical (unpaired) electrons. The van der Waals surface area contributed by atoms with Crippen LogP contribution in [0.5, 0.6) is 0 Å². The van der Waals surface area contributed by atoms with Crippen LogP contribution in [0, 0.1) is 0 Å². The molecule has 3 aromatic rings. The molecule has 202 valence electrons. The molecule has 0 fully saturated rings. The van der Waals surface area contributed by atoms with Gasteiger partial charge in [-0.05, 0) is 34.7 Å². The van der Waals surface area contributed by atoms with Gasteiger partial charge in [-0.25, -0.2) is 4.79 Å². The van der Waals surface area contributed by atoms with Gasteiger partial charge in [-0.15, -0.1) is 0 Å². The standard InChI is InChI=1S/C30H30N2O7/c1-2-38-28(35)18-32(17-20-10-4-3-5-11-20)29(36)26(16-27(33)34)31-30(37)39-19-25-23-14-8-6-12-21(23)22-13-7-9-15-24(22)25/h3-15,25-26H,2,16-19H2,1H3,(H,31,37)(H,33,34). The van der Waals surface area contributed by atoms with Crippen molar-refractivity contribution in [2.45, 2.75) is 31.8 Å². The molecular weight excluding hydrogens is 500 g/mol. The lowest BCUT2D eigenvalue weighted by Crippen LogP contribution is -2.50. The van der Waals surface area contributed by atoms with Crippen LogP contribution in [0.4, 0.5) is 4.79 Å². The third-order valence-electron chi connectivity index (χ3n) is 6.47. The van der Waals surface area contributed by atoms with Gasteiger partial charge in [0.1, 0.15) is 19.2 Å². The van der Waals surface area contributed by atoms with E-state index in [1.807, 2.05) is 54.6 Å². The summed E-state index contributed by atoms with van der Waals surface area (Å²) in [6.45, 7) is 1.41. The van der Waals surface area contributed by atoms with Crippen molar-refractivity contribution in [2.75, 3.05) is 19.8 Å². The molecule has 39 heavy (non-hydrogen) atoms. The zero-order chi connectivity index (χ0) is 27.8. The Kier molecular flexibility index (Phi) is 8.94. The highest BCUT2D eigenvalue weighted by atomic mass is 16.5. The normalized spacial score (nSPS) is 12.5. The van der Waals surface area contributed by atoms with Gasteiger partial charge < -0.3 is 24.8 Å². The Morgan fingerprint density at radius 3 is 2.05 bits per heavy atom. The number of carboxylic acids is 1. The van der Waals surface area contributed by atoms with E-state index in [2.05, 4.69) is 5.32 Å². The summed E-state index contributed by atoms with van der Waals surface area (Å²) in [7, 11) is 0. The predicted molar refractivity (Wildman–Crippen MR) is 143 cm³/mol. The highest BCUT2D eigenvalue weighted by molar-refractivity contribution is 5.91. The number of rotatable bonds is 11. The maximum atomic E-state index is 13.4. The van der Waals surface area contributed by atoms with E-state index in [0.29, 0.717) is 0 Å². The average molecular weight is 531 g/mol. The number of benzene rings is 3. The van der Waals surface area contributed by atoms with E-state index in [9.17, 15) is 24.3 Å². The van der Waals surface area contributed by atoms with Crippen molar-refractivity contribution in [2.24, 2.45) is 0 Å². The van der Waals surface area contributed by atoms with E-state index in [0.717, 1.165) is 27.8 Å². The molecule has 3 aromatic carbocycles. The average Bonchev–Trinajstić information content (AvgIpc) is 3.25. The Morgan fingerprint density at radius 1 is 0.872 bits per heavy atom. The van der Waals surface area contributed by atoms with Crippen molar-refractivity contribution < 1.29 is 33.8 Å². The van der Waals surface area contributed by atoms with Crippen LogP contribution in [0.1, 0.15) is 36.0 Å². The first-order valence-electron chi connectivity index (χ1n) is 12.7. The highest BCUT2D eigenvalue weighted by Crippen LogP contribution is 2.44. The van der Waals surface area contributed by atoms with Crippen LogP contribution < -0.4 is 5.32 Å². The Labute approximate surface area is 226 Å². The number of carbonyl (C=O) groups is 4. The molecule has 1 aliphatic rings. The third-order valence-corrected chi connectivity index (χ3v) is 6.47. The molecule has 1 aliphatic carbocycles. The lowest BCUT2D eigenvalue weighted by atomic mass is 9.98. The Morgan fingerprint density at radius 2 is 1.46 bits per heavy atom. The minimum absolute atomic E-state index is 0.00436. The zero-order valence-corrected chi connectivity index (χ0v) is 21.5. The quantitative estimate of drug-likeness (QED) is 0.360. The van der Waals surface area contributed by atoms with Crippen molar-refractivity contribution >= 4 is 23.9 Å². The molecular formula is C30H30N2O7. The summed E-state index contributed by atoms with van der Waals surface area (Å²) in [4.78, 5) is 51.2. The fraction of sp³-hybridized carbons (Fsp3) is 0.267. The molecule has 1 atom stereocenters. The van der Waals surface area contributed by atoms with Gasteiger partial charge in [0.25, 0.3) is 0 Å². The van der Waals surface area contributed by atoms with Crippen molar-refractivity contribution in [3.8, 4) is 11.1 Å². The minimum atomic E-state index is -1.45. The van der Waals surface area contributed by atoms with Crippen molar-refractivity contribution in [3.05, 3.63) is 95.6 Å². The summed E-state index contributed by atoms with van der Waals surface area (Å²) in [5.41, 5.74) is 4.90. The van der Waals surface area contributed by atoms with Crippen LogP contribution in [-0.2, 0) is 30.4 Å². The van der Waals surface area contributed by atoms with Crippen LogP contribution in [0.15, 0.2) is 78.9 Å².